The highest BCUT2D eigenvalue weighted by Gasteiger charge is 2.05. The Bertz CT molecular complexity index is 467. The molecular weight excluding hydrogens is 262 g/mol. The van der Waals surface area contributed by atoms with Gasteiger partial charge in [0.2, 0.25) is 0 Å². The molecule has 0 aliphatic rings. The van der Waals surface area contributed by atoms with E-state index < -0.39 is 0 Å². The SMILES string of the molecule is Cc1ccc(CN=C(N)NC(C)C)c(OCCC(C)C)c1. The van der Waals surface area contributed by atoms with Gasteiger partial charge in [-0.15, -0.1) is 0 Å². The molecule has 0 aliphatic heterocycles. The smallest absolute Gasteiger partial charge is 0.189 e. The fourth-order valence-corrected chi connectivity index (χ4v) is 1.84. The number of hydrogen-bond donors (Lipinski definition) is 2. The van der Waals surface area contributed by atoms with Crippen molar-refractivity contribution in [2.45, 2.75) is 53.6 Å². The summed E-state index contributed by atoms with van der Waals surface area (Å²) in [6.45, 7) is 11.8. The number of nitrogens with two attached hydrogens (primary N) is 1. The fourth-order valence-electron chi connectivity index (χ4n) is 1.84. The molecule has 0 unspecified atom stereocenters. The van der Waals surface area contributed by atoms with Crippen molar-refractivity contribution in [3.05, 3.63) is 29.3 Å². The van der Waals surface area contributed by atoms with Crippen molar-refractivity contribution in [3.8, 4) is 5.75 Å². The predicted octanol–water partition coefficient (Wildman–Crippen LogP) is 3.23. The van der Waals surface area contributed by atoms with Crippen LogP contribution in [-0.4, -0.2) is 18.6 Å². The molecule has 0 atom stereocenters. The summed E-state index contributed by atoms with van der Waals surface area (Å²) in [5, 5.41) is 3.09. The van der Waals surface area contributed by atoms with Crippen LogP contribution in [0.5, 0.6) is 5.75 Å². The predicted molar refractivity (Wildman–Crippen MR) is 89.7 cm³/mol. The number of aryl methyl sites for hydroxylation is 1. The summed E-state index contributed by atoms with van der Waals surface area (Å²) in [4.78, 5) is 4.37. The van der Waals surface area contributed by atoms with Crippen LogP contribution in [0.15, 0.2) is 23.2 Å². The normalized spacial score (nSPS) is 12.0. The molecule has 0 amide bonds. The molecule has 0 radical (unpaired) electrons. The molecule has 1 aromatic carbocycles. The third-order valence-electron chi connectivity index (χ3n) is 3.03. The van der Waals surface area contributed by atoms with Crippen LogP contribution in [0.4, 0.5) is 0 Å². The first-order valence-corrected chi connectivity index (χ1v) is 7.67. The second-order valence-electron chi connectivity index (χ2n) is 6.14. The average Bonchev–Trinajstić information content (AvgIpc) is 2.36. The molecule has 118 valence electrons. The van der Waals surface area contributed by atoms with Gasteiger partial charge in [-0.2, -0.15) is 0 Å². The molecule has 0 heterocycles. The van der Waals surface area contributed by atoms with Crippen molar-refractivity contribution >= 4 is 5.96 Å². The molecule has 4 nitrogen and oxygen atoms in total. The van der Waals surface area contributed by atoms with Gasteiger partial charge >= 0.3 is 0 Å². The summed E-state index contributed by atoms with van der Waals surface area (Å²) in [5.74, 6) is 2.03. The van der Waals surface area contributed by atoms with Gasteiger partial charge in [-0.25, -0.2) is 4.99 Å². The van der Waals surface area contributed by atoms with Crippen molar-refractivity contribution in [2.75, 3.05) is 6.61 Å². The van der Waals surface area contributed by atoms with Gasteiger partial charge in [0, 0.05) is 11.6 Å². The van der Waals surface area contributed by atoms with Gasteiger partial charge in [0.1, 0.15) is 5.75 Å². The number of rotatable bonds is 7. The van der Waals surface area contributed by atoms with Crippen LogP contribution < -0.4 is 15.8 Å². The monoisotopic (exact) mass is 291 g/mol. The molecule has 0 aliphatic carbocycles. The second-order valence-corrected chi connectivity index (χ2v) is 6.14. The molecule has 0 spiro atoms. The molecular formula is C17H29N3O. The second kappa shape index (κ2) is 8.55. The van der Waals surface area contributed by atoms with E-state index in [1.165, 1.54) is 5.56 Å². The summed E-state index contributed by atoms with van der Waals surface area (Å²) in [6, 6.07) is 6.49. The van der Waals surface area contributed by atoms with Crippen molar-refractivity contribution in [1.82, 2.24) is 5.32 Å². The Hall–Kier alpha value is -1.71. The summed E-state index contributed by atoms with van der Waals surface area (Å²) < 4.78 is 5.91. The minimum atomic E-state index is 0.286. The van der Waals surface area contributed by atoms with Crippen molar-refractivity contribution in [3.63, 3.8) is 0 Å². The van der Waals surface area contributed by atoms with E-state index in [9.17, 15) is 0 Å². The number of benzene rings is 1. The van der Waals surface area contributed by atoms with Crippen molar-refractivity contribution < 1.29 is 4.74 Å². The standard InChI is InChI=1S/C17H29N3O/c1-12(2)8-9-21-16-10-14(5)6-7-15(16)11-19-17(18)20-13(3)4/h6-7,10,12-13H,8-9,11H2,1-5H3,(H3,18,19,20). The van der Waals surface area contributed by atoms with E-state index in [0.29, 0.717) is 18.4 Å². The highest BCUT2D eigenvalue weighted by Crippen LogP contribution is 2.22. The minimum Gasteiger partial charge on any atom is -0.493 e. The van der Waals surface area contributed by atoms with Crippen molar-refractivity contribution in [1.29, 1.82) is 0 Å². The number of guanidine groups is 1. The molecule has 0 saturated heterocycles. The Kier molecular flexibility index (Phi) is 7.06. The molecule has 1 rings (SSSR count). The Balaban J connectivity index is 2.72. The largest absolute Gasteiger partial charge is 0.493 e. The Morgan fingerprint density at radius 2 is 2.00 bits per heavy atom. The Morgan fingerprint density at radius 1 is 1.29 bits per heavy atom. The molecule has 1 aromatic rings. The molecule has 0 saturated carbocycles. The number of nitrogens with zero attached hydrogens (tertiary/aromatic N) is 1. The Labute approximate surface area is 128 Å². The lowest BCUT2D eigenvalue weighted by Gasteiger charge is -2.13. The highest BCUT2D eigenvalue weighted by molar-refractivity contribution is 5.78. The van der Waals surface area contributed by atoms with E-state index in [4.69, 9.17) is 10.5 Å². The van der Waals surface area contributed by atoms with E-state index >= 15 is 0 Å². The van der Waals surface area contributed by atoms with Crippen LogP contribution in [-0.2, 0) is 6.54 Å². The van der Waals surface area contributed by atoms with Crippen LogP contribution in [0.25, 0.3) is 0 Å². The first kappa shape index (κ1) is 17.3. The lowest BCUT2D eigenvalue weighted by atomic mass is 10.1. The zero-order valence-corrected chi connectivity index (χ0v) is 13.9. The number of aliphatic imine (C=N–C) groups is 1. The molecule has 0 aromatic heterocycles. The van der Waals surface area contributed by atoms with E-state index in [2.05, 4.69) is 49.3 Å². The third-order valence-corrected chi connectivity index (χ3v) is 3.03. The molecule has 21 heavy (non-hydrogen) atoms. The van der Waals surface area contributed by atoms with Crippen LogP contribution >= 0.6 is 0 Å². The van der Waals surface area contributed by atoms with E-state index in [-0.39, 0.29) is 6.04 Å². The fraction of sp³-hybridized carbons (Fsp3) is 0.588. The van der Waals surface area contributed by atoms with Gasteiger partial charge in [-0.3, -0.25) is 0 Å². The van der Waals surface area contributed by atoms with Gasteiger partial charge in [0.25, 0.3) is 0 Å². The first-order valence-electron chi connectivity index (χ1n) is 7.67. The number of ether oxygens (including phenoxy) is 1. The summed E-state index contributed by atoms with van der Waals surface area (Å²) in [5.41, 5.74) is 8.10. The van der Waals surface area contributed by atoms with Gasteiger partial charge < -0.3 is 15.8 Å². The average molecular weight is 291 g/mol. The summed E-state index contributed by atoms with van der Waals surface area (Å²) in [6.07, 6.45) is 1.05. The zero-order valence-electron chi connectivity index (χ0n) is 13.9. The van der Waals surface area contributed by atoms with Crippen LogP contribution in [0, 0.1) is 12.8 Å². The number of nitrogens with one attached hydrogen (secondary N) is 1. The zero-order chi connectivity index (χ0) is 15.8. The lowest BCUT2D eigenvalue weighted by Crippen LogP contribution is -2.36. The molecule has 0 fully saturated rings. The lowest BCUT2D eigenvalue weighted by molar-refractivity contribution is 0.287. The van der Waals surface area contributed by atoms with Crippen LogP contribution in [0.1, 0.15) is 45.2 Å². The van der Waals surface area contributed by atoms with Gasteiger partial charge in [-0.1, -0.05) is 26.0 Å². The minimum absolute atomic E-state index is 0.286. The first-order chi connectivity index (χ1) is 9.88. The molecule has 4 heteroatoms. The molecule has 3 N–H and O–H groups in total. The maximum atomic E-state index is 5.91. The van der Waals surface area contributed by atoms with Crippen molar-refractivity contribution in [2.24, 2.45) is 16.6 Å². The molecule has 0 bridgehead atoms. The highest BCUT2D eigenvalue weighted by atomic mass is 16.5. The summed E-state index contributed by atoms with van der Waals surface area (Å²) in [7, 11) is 0. The topological polar surface area (TPSA) is 59.6 Å². The van der Waals surface area contributed by atoms with Crippen LogP contribution in [0.2, 0.25) is 0 Å². The summed E-state index contributed by atoms with van der Waals surface area (Å²) >= 11 is 0. The van der Waals surface area contributed by atoms with E-state index in [1.54, 1.807) is 0 Å². The van der Waals surface area contributed by atoms with E-state index in [1.807, 2.05) is 13.8 Å². The number of hydrogen-bond acceptors (Lipinski definition) is 2. The quantitative estimate of drug-likeness (QED) is 0.599. The van der Waals surface area contributed by atoms with Gasteiger partial charge in [0.05, 0.1) is 13.2 Å². The van der Waals surface area contributed by atoms with E-state index in [0.717, 1.165) is 24.3 Å². The maximum absolute atomic E-state index is 5.91. The maximum Gasteiger partial charge on any atom is 0.189 e. The Morgan fingerprint density at radius 3 is 2.62 bits per heavy atom. The van der Waals surface area contributed by atoms with Gasteiger partial charge in [0.15, 0.2) is 5.96 Å². The third kappa shape index (κ3) is 7.02. The van der Waals surface area contributed by atoms with Gasteiger partial charge in [-0.05, 0) is 44.7 Å². The van der Waals surface area contributed by atoms with Crippen LogP contribution in [0.3, 0.4) is 0 Å².